The fourth-order valence-electron chi connectivity index (χ4n) is 2.50. The number of hydrogen-bond donors (Lipinski definition) is 0. The van der Waals surface area contributed by atoms with Crippen molar-refractivity contribution in [2.24, 2.45) is 5.18 Å². The quantitative estimate of drug-likeness (QED) is 0.239. The van der Waals surface area contributed by atoms with E-state index in [1.807, 2.05) is 30.3 Å². The molecule has 0 aliphatic carbocycles. The Morgan fingerprint density at radius 3 is 2.71 bits per heavy atom. The van der Waals surface area contributed by atoms with Crippen LogP contribution in [0.4, 0.5) is 4.39 Å². The second-order valence-corrected chi connectivity index (χ2v) is 6.53. The third-order valence-electron chi connectivity index (χ3n) is 3.92. The second kappa shape index (κ2) is 9.18. The van der Waals surface area contributed by atoms with E-state index in [0.29, 0.717) is 5.16 Å². The van der Waals surface area contributed by atoms with Crippen LogP contribution in [0.1, 0.15) is 27.7 Å². The molecule has 1 heterocycles. The number of ether oxygens (including phenoxy) is 1. The van der Waals surface area contributed by atoms with Crippen molar-refractivity contribution in [3.63, 3.8) is 0 Å². The summed E-state index contributed by atoms with van der Waals surface area (Å²) in [6.45, 7) is 0.147. The minimum atomic E-state index is -1.35. The van der Waals surface area contributed by atoms with E-state index in [0.717, 1.165) is 11.6 Å². The molecule has 142 valence electrons. The summed E-state index contributed by atoms with van der Waals surface area (Å²) >= 11 is 1.28. The summed E-state index contributed by atoms with van der Waals surface area (Å²) in [4.78, 5) is 32.3. The first-order valence-electron chi connectivity index (χ1n) is 8.32. The van der Waals surface area contributed by atoms with Crippen molar-refractivity contribution >= 4 is 17.5 Å². The number of carbonyl (C=O) groups excluding carboxylic acids is 1. The Hall–Kier alpha value is -3.13. The van der Waals surface area contributed by atoms with Gasteiger partial charge in [-0.15, -0.1) is 4.91 Å². The Morgan fingerprint density at radius 1 is 1.21 bits per heavy atom. The van der Waals surface area contributed by atoms with Crippen molar-refractivity contribution < 1.29 is 13.9 Å². The lowest BCUT2D eigenvalue weighted by atomic mass is 10.0. The highest BCUT2D eigenvalue weighted by molar-refractivity contribution is 7.98. The van der Waals surface area contributed by atoms with Crippen LogP contribution < -0.4 is 4.74 Å². The fraction of sp³-hybridized carbons (Fsp3) is 0.150. The van der Waals surface area contributed by atoms with E-state index in [1.54, 1.807) is 6.26 Å². The van der Waals surface area contributed by atoms with Crippen molar-refractivity contribution in [1.29, 1.82) is 0 Å². The molecule has 1 aromatic heterocycles. The van der Waals surface area contributed by atoms with E-state index in [9.17, 15) is 14.1 Å². The number of nitrogens with zero attached hydrogens (tertiary/aromatic N) is 3. The summed E-state index contributed by atoms with van der Waals surface area (Å²) in [6.07, 6.45) is 3.24. The van der Waals surface area contributed by atoms with Crippen LogP contribution >= 0.6 is 11.8 Å². The largest absolute Gasteiger partial charge is 0.486 e. The summed E-state index contributed by atoms with van der Waals surface area (Å²) in [6, 6.07) is 13.1. The highest BCUT2D eigenvalue weighted by atomic mass is 32.2. The van der Waals surface area contributed by atoms with Gasteiger partial charge in [-0.2, -0.15) is 0 Å². The van der Waals surface area contributed by atoms with Gasteiger partial charge in [0.25, 0.3) is 0 Å². The van der Waals surface area contributed by atoms with Gasteiger partial charge < -0.3 is 4.74 Å². The number of halogens is 1. The third-order valence-corrected chi connectivity index (χ3v) is 4.49. The Bertz CT molecular complexity index is 985. The maximum atomic E-state index is 14.1. The first-order valence-corrected chi connectivity index (χ1v) is 9.54. The predicted molar refractivity (Wildman–Crippen MR) is 104 cm³/mol. The fourth-order valence-corrected chi connectivity index (χ4v) is 2.86. The average molecular weight is 397 g/mol. The number of rotatable bonds is 8. The second-order valence-electron chi connectivity index (χ2n) is 5.76. The zero-order chi connectivity index (χ0) is 19.9. The molecular weight excluding hydrogens is 381 g/mol. The van der Waals surface area contributed by atoms with Crippen LogP contribution in [-0.2, 0) is 6.61 Å². The number of ketones is 1. The molecule has 0 saturated carbocycles. The van der Waals surface area contributed by atoms with Crippen LogP contribution in [0.5, 0.6) is 5.75 Å². The normalized spacial score (nSPS) is 11.6. The monoisotopic (exact) mass is 397 g/mol. The SMILES string of the molecule is CSc1nccc(C(N=O)C(=O)c2ccc(F)c(OCc3ccccc3)c2)n1. The molecule has 3 rings (SSSR count). The number of thioether (sulfide) groups is 1. The summed E-state index contributed by atoms with van der Waals surface area (Å²) in [7, 11) is 0. The number of Topliss-reactive ketones (excluding diaryl/α,β-unsaturated/α-hetero) is 1. The summed E-state index contributed by atoms with van der Waals surface area (Å²) in [5, 5.41) is 3.34. The predicted octanol–water partition coefficient (Wildman–Crippen LogP) is 4.61. The van der Waals surface area contributed by atoms with Gasteiger partial charge in [0.05, 0.1) is 5.69 Å². The smallest absolute Gasteiger partial charge is 0.197 e. The zero-order valence-corrected chi connectivity index (χ0v) is 15.7. The number of hydrogen-bond acceptors (Lipinski definition) is 7. The first-order chi connectivity index (χ1) is 13.6. The van der Waals surface area contributed by atoms with E-state index in [2.05, 4.69) is 15.1 Å². The summed E-state index contributed by atoms with van der Waals surface area (Å²) in [5.74, 6) is -1.27. The number of carbonyl (C=O) groups is 1. The van der Waals surface area contributed by atoms with Crippen molar-refractivity contribution in [3.05, 3.63) is 88.3 Å². The molecule has 0 fully saturated rings. The van der Waals surface area contributed by atoms with Crippen molar-refractivity contribution in [2.75, 3.05) is 6.26 Å². The number of nitroso groups, excluding NO2 is 1. The first kappa shape index (κ1) is 19.6. The lowest BCUT2D eigenvalue weighted by Crippen LogP contribution is -2.13. The molecule has 0 radical (unpaired) electrons. The molecule has 0 bridgehead atoms. The maximum Gasteiger partial charge on any atom is 0.197 e. The molecule has 0 aliphatic heterocycles. The third kappa shape index (κ3) is 4.58. The van der Waals surface area contributed by atoms with Gasteiger partial charge in [-0.1, -0.05) is 47.3 Å². The van der Waals surface area contributed by atoms with E-state index in [4.69, 9.17) is 4.74 Å². The van der Waals surface area contributed by atoms with E-state index in [1.165, 1.54) is 36.2 Å². The maximum absolute atomic E-state index is 14.1. The van der Waals surface area contributed by atoms with Gasteiger partial charge in [-0.25, -0.2) is 14.4 Å². The molecular formula is C20H16FN3O3S. The average Bonchev–Trinajstić information content (AvgIpc) is 2.74. The number of aromatic nitrogens is 2. The molecule has 28 heavy (non-hydrogen) atoms. The molecule has 0 N–H and O–H groups in total. The van der Waals surface area contributed by atoms with Crippen molar-refractivity contribution in [3.8, 4) is 5.75 Å². The zero-order valence-electron chi connectivity index (χ0n) is 14.9. The van der Waals surface area contributed by atoms with E-state index >= 15 is 0 Å². The molecule has 8 heteroatoms. The molecule has 1 unspecified atom stereocenters. The Labute approximate surface area is 165 Å². The highest BCUT2D eigenvalue weighted by Crippen LogP contribution is 2.26. The van der Waals surface area contributed by atoms with Gasteiger partial charge in [0.2, 0.25) is 0 Å². The Balaban J connectivity index is 1.83. The highest BCUT2D eigenvalue weighted by Gasteiger charge is 2.26. The van der Waals surface area contributed by atoms with Gasteiger partial charge >= 0.3 is 0 Å². The molecule has 0 spiro atoms. The van der Waals surface area contributed by atoms with Crippen LogP contribution in [-0.4, -0.2) is 22.0 Å². The summed E-state index contributed by atoms with van der Waals surface area (Å²) in [5.41, 5.74) is 1.16. The van der Waals surface area contributed by atoms with Gasteiger partial charge in [-0.3, -0.25) is 4.79 Å². The molecule has 0 amide bonds. The van der Waals surface area contributed by atoms with E-state index in [-0.39, 0.29) is 23.6 Å². The minimum absolute atomic E-state index is 0.0770. The Kier molecular flexibility index (Phi) is 6.44. The van der Waals surface area contributed by atoms with Gasteiger partial charge in [0.15, 0.2) is 28.5 Å². The van der Waals surface area contributed by atoms with Gasteiger partial charge in [0.1, 0.15) is 6.61 Å². The van der Waals surface area contributed by atoms with Gasteiger partial charge in [-0.05, 0) is 36.1 Å². The molecule has 0 saturated heterocycles. The van der Waals surface area contributed by atoms with E-state index < -0.39 is 17.6 Å². The molecule has 2 aromatic carbocycles. The topological polar surface area (TPSA) is 81.5 Å². The summed E-state index contributed by atoms with van der Waals surface area (Å²) < 4.78 is 19.6. The molecule has 6 nitrogen and oxygen atoms in total. The standard InChI is InChI=1S/C20H16FN3O3S/c1-28-20-22-10-9-16(23-20)18(24-26)19(25)14-7-8-15(21)17(11-14)27-12-13-5-3-2-4-6-13/h2-11,18H,12H2,1H3. The minimum Gasteiger partial charge on any atom is -0.486 e. The Morgan fingerprint density at radius 2 is 2.00 bits per heavy atom. The van der Waals surface area contributed by atoms with Crippen LogP contribution in [0.15, 0.2) is 71.1 Å². The van der Waals surface area contributed by atoms with Crippen molar-refractivity contribution in [2.45, 2.75) is 17.8 Å². The van der Waals surface area contributed by atoms with Crippen LogP contribution in [0.2, 0.25) is 0 Å². The lowest BCUT2D eigenvalue weighted by Gasteiger charge is -2.11. The molecule has 3 aromatic rings. The van der Waals surface area contributed by atoms with Crippen LogP contribution in [0.25, 0.3) is 0 Å². The van der Waals surface area contributed by atoms with Crippen LogP contribution in [0.3, 0.4) is 0 Å². The lowest BCUT2D eigenvalue weighted by molar-refractivity contribution is 0.0959. The van der Waals surface area contributed by atoms with Crippen LogP contribution in [0, 0.1) is 10.7 Å². The van der Waals surface area contributed by atoms with Crippen molar-refractivity contribution in [1.82, 2.24) is 9.97 Å². The van der Waals surface area contributed by atoms with Gasteiger partial charge in [0, 0.05) is 11.8 Å². The molecule has 0 aliphatic rings. The molecule has 1 atom stereocenters. The number of benzene rings is 2.